The summed E-state index contributed by atoms with van der Waals surface area (Å²) in [6, 6.07) is -1.10. The smallest absolute Gasteiger partial charge is 0.327 e. The zero-order valence-corrected chi connectivity index (χ0v) is 13.0. The van der Waals surface area contributed by atoms with Crippen LogP contribution < -0.4 is 5.32 Å². The van der Waals surface area contributed by atoms with E-state index in [1.54, 1.807) is 17.5 Å². The number of rotatable bonds is 4. The molecule has 1 aromatic rings. The number of urea groups is 1. The molecule has 2 atom stereocenters. The predicted molar refractivity (Wildman–Crippen MR) is 78.9 cm³/mol. The van der Waals surface area contributed by atoms with E-state index in [4.69, 9.17) is 5.11 Å². The molecule has 20 heavy (non-hydrogen) atoms. The summed E-state index contributed by atoms with van der Waals surface area (Å²) in [5.74, 6) is -0.527. The van der Waals surface area contributed by atoms with E-state index in [-0.39, 0.29) is 11.4 Å². The second-order valence-corrected chi connectivity index (χ2v) is 6.98. The van der Waals surface area contributed by atoms with Crippen molar-refractivity contribution in [3.63, 3.8) is 0 Å². The van der Waals surface area contributed by atoms with Crippen LogP contribution in [0.15, 0.2) is 6.20 Å². The van der Waals surface area contributed by atoms with Gasteiger partial charge >= 0.3 is 12.0 Å². The number of carbonyl (C=O) groups excluding carboxylic acids is 1. The van der Waals surface area contributed by atoms with Gasteiger partial charge < -0.3 is 10.4 Å². The molecule has 2 amide bonds. The van der Waals surface area contributed by atoms with Crippen LogP contribution in [0.2, 0.25) is 0 Å². The van der Waals surface area contributed by atoms with Gasteiger partial charge in [0.25, 0.3) is 0 Å². The third kappa shape index (κ3) is 3.24. The van der Waals surface area contributed by atoms with Crippen LogP contribution in [0.4, 0.5) is 4.79 Å². The van der Waals surface area contributed by atoms with Crippen molar-refractivity contribution >= 4 is 35.1 Å². The lowest BCUT2D eigenvalue weighted by molar-refractivity contribution is -0.141. The monoisotopic (exact) mass is 315 g/mol. The average molecular weight is 315 g/mol. The van der Waals surface area contributed by atoms with Crippen LogP contribution in [0.25, 0.3) is 0 Å². The molecule has 6 nitrogen and oxygen atoms in total. The summed E-state index contributed by atoms with van der Waals surface area (Å²) < 4.78 is 0. The molecular formula is C12H17N3O3S2. The van der Waals surface area contributed by atoms with Crippen molar-refractivity contribution in [2.75, 3.05) is 5.75 Å². The van der Waals surface area contributed by atoms with E-state index in [1.807, 2.05) is 6.92 Å². The SMILES string of the molecule is CCc1cnc(CNC(=O)N2C(C)SCC2C(=O)O)s1. The molecule has 0 spiro atoms. The zero-order valence-electron chi connectivity index (χ0n) is 11.3. The molecule has 2 N–H and O–H groups in total. The molecular weight excluding hydrogens is 298 g/mol. The number of aliphatic carboxylic acids is 1. The van der Waals surface area contributed by atoms with Crippen molar-refractivity contribution in [2.45, 2.75) is 38.2 Å². The number of hydrogen-bond donors (Lipinski definition) is 2. The molecule has 1 fully saturated rings. The normalized spacial score (nSPS) is 22.0. The van der Waals surface area contributed by atoms with Crippen molar-refractivity contribution in [2.24, 2.45) is 0 Å². The first-order valence-electron chi connectivity index (χ1n) is 6.37. The number of carboxylic acid groups (broad SMARTS) is 1. The maximum absolute atomic E-state index is 12.1. The van der Waals surface area contributed by atoms with Crippen LogP contribution in [0.3, 0.4) is 0 Å². The number of hydrogen-bond acceptors (Lipinski definition) is 5. The summed E-state index contributed by atoms with van der Waals surface area (Å²) >= 11 is 3.03. The Morgan fingerprint density at radius 3 is 2.95 bits per heavy atom. The Morgan fingerprint density at radius 2 is 2.35 bits per heavy atom. The van der Waals surface area contributed by atoms with Crippen molar-refractivity contribution < 1.29 is 14.7 Å². The van der Waals surface area contributed by atoms with E-state index in [0.29, 0.717) is 12.3 Å². The maximum Gasteiger partial charge on any atom is 0.327 e. The minimum Gasteiger partial charge on any atom is -0.480 e. The topological polar surface area (TPSA) is 82.5 Å². The summed E-state index contributed by atoms with van der Waals surface area (Å²) in [5, 5.41) is 12.6. The fourth-order valence-corrected chi connectivity index (χ4v) is 3.95. The van der Waals surface area contributed by atoms with E-state index < -0.39 is 12.0 Å². The predicted octanol–water partition coefficient (Wildman–Crippen LogP) is 1.76. The Bertz CT molecular complexity index is 506. The minimum atomic E-state index is -0.959. The number of aromatic nitrogens is 1. The number of nitrogens with zero attached hydrogens (tertiary/aromatic N) is 2. The van der Waals surface area contributed by atoms with Gasteiger partial charge in [-0.25, -0.2) is 14.6 Å². The second kappa shape index (κ2) is 6.45. The maximum atomic E-state index is 12.1. The van der Waals surface area contributed by atoms with Crippen LogP contribution in [-0.2, 0) is 17.8 Å². The van der Waals surface area contributed by atoms with Gasteiger partial charge in [0.2, 0.25) is 0 Å². The molecule has 2 rings (SSSR count). The number of carbonyl (C=O) groups is 2. The molecule has 110 valence electrons. The van der Waals surface area contributed by atoms with E-state index in [2.05, 4.69) is 17.2 Å². The number of nitrogens with one attached hydrogen (secondary N) is 1. The van der Waals surface area contributed by atoms with E-state index in [9.17, 15) is 9.59 Å². The van der Waals surface area contributed by atoms with Gasteiger partial charge in [-0.1, -0.05) is 6.92 Å². The van der Waals surface area contributed by atoms with Gasteiger partial charge in [0.15, 0.2) is 0 Å². The van der Waals surface area contributed by atoms with Gasteiger partial charge in [-0.3, -0.25) is 4.90 Å². The highest BCUT2D eigenvalue weighted by molar-refractivity contribution is 8.00. The largest absolute Gasteiger partial charge is 0.480 e. The van der Waals surface area contributed by atoms with Crippen molar-refractivity contribution in [1.82, 2.24) is 15.2 Å². The van der Waals surface area contributed by atoms with Crippen LogP contribution in [-0.4, -0.2) is 44.2 Å². The lowest BCUT2D eigenvalue weighted by atomic mass is 10.3. The zero-order chi connectivity index (χ0) is 14.7. The van der Waals surface area contributed by atoms with E-state index >= 15 is 0 Å². The van der Waals surface area contributed by atoms with Crippen molar-refractivity contribution in [3.8, 4) is 0 Å². The third-order valence-corrected chi connectivity index (χ3v) is 5.44. The fraction of sp³-hybridized carbons (Fsp3) is 0.583. The molecule has 2 unspecified atom stereocenters. The highest BCUT2D eigenvalue weighted by Crippen LogP contribution is 2.28. The van der Waals surface area contributed by atoms with Gasteiger partial charge in [0.1, 0.15) is 11.0 Å². The summed E-state index contributed by atoms with van der Waals surface area (Å²) in [5.41, 5.74) is 0. The molecule has 0 aliphatic carbocycles. The Hall–Kier alpha value is -1.28. The van der Waals surface area contributed by atoms with Gasteiger partial charge in [0, 0.05) is 16.8 Å². The lowest BCUT2D eigenvalue weighted by Gasteiger charge is -2.24. The second-order valence-electron chi connectivity index (χ2n) is 4.43. The molecule has 0 saturated carbocycles. The summed E-state index contributed by atoms with van der Waals surface area (Å²) in [7, 11) is 0. The van der Waals surface area contributed by atoms with Gasteiger partial charge in [-0.2, -0.15) is 0 Å². The number of carboxylic acids is 1. The fourth-order valence-electron chi connectivity index (χ4n) is 1.98. The van der Waals surface area contributed by atoms with Crippen molar-refractivity contribution in [1.29, 1.82) is 0 Å². The van der Waals surface area contributed by atoms with Gasteiger partial charge in [0.05, 0.1) is 11.9 Å². The molecule has 1 saturated heterocycles. The lowest BCUT2D eigenvalue weighted by Crippen LogP contribution is -2.49. The Balaban J connectivity index is 1.95. The highest BCUT2D eigenvalue weighted by Gasteiger charge is 2.39. The minimum absolute atomic E-state index is 0.126. The van der Waals surface area contributed by atoms with Crippen LogP contribution in [0.5, 0.6) is 0 Å². The number of aryl methyl sites for hydroxylation is 1. The van der Waals surface area contributed by atoms with E-state index in [1.165, 1.54) is 21.5 Å². The average Bonchev–Trinajstić information content (AvgIpc) is 3.02. The number of thiazole rings is 1. The number of amides is 2. The first-order valence-corrected chi connectivity index (χ1v) is 8.23. The third-order valence-electron chi connectivity index (χ3n) is 3.08. The molecule has 0 radical (unpaired) electrons. The van der Waals surface area contributed by atoms with Gasteiger partial charge in [-0.05, 0) is 13.3 Å². The van der Waals surface area contributed by atoms with Crippen LogP contribution >= 0.6 is 23.1 Å². The number of thioether (sulfide) groups is 1. The molecule has 0 bridgehead atoms. The Labute approximate surface area is 125 Å². The Morgan fingerprint density at radius 1 is 1.60 bits per heavy atom. The first kappa shape index (κ1) is 15.1. The summed E-state index contributed by atoms with van der Waals surface area (Å²) in [6.07, 6.45) is 2.73. The molecule has 1 aliphatic rings. The molecule has 2 heterocycles. The molecule has 8 heteroatoms. The summed E-state index contributed by atoms with van der Waals surface area (Å²) in [6.45, 7) is 4.23. The first-order chi connectivity index (χ1) is 9.52. The standard InChI is InChI=1S/C12H17N3O3S2/c1-3-8-4-13-10(20-8)5-14-12(18)15-7(2)19-6-9(15)11(16)17/h4,7,9H,3,5-6H2,1-2H3,(H,14,18)(H,16,17). The highest BCUT2D eigenvalue weighted by atomic mass is 32.2. The van der Waals surface area contributed by atoms with E-state index in [0.717, 1.165) is 11.4 Å². The van der Waals surface area contributed by atoms with Crippen LogP contribution in [0, 0.1) is 0 Å². The molecule has 0 aromatic carbocycles. The quantitative estimate of drug-likeness (QED) is 0.885. The van der Waals surface area contributed by atoms with Crippen LogP contribution in [0.1, 0.15) is 23.7 Å². The molecule has 1 aromatic heterocycles. The van der Waals surface area contributed by atoms with Gasteiger partial charge in [-0.15, -0.1) is 23.1 Å². The summed E-state index contributed by atoms with van der Waals surface area (Å²) in [4.78, 5) is 30.1. The molecule has 1 aliphatic heterocycles. The Kier molecular flexibility index (Phi) is 4.87. The van der Waals surface area contributed by atoms with Crippen molar-refractivity contribution in [3.05, 3.63) is 16.1 Å².